The number of hydrogen-bond acceptors (Lipinski definition) is 4. The molecular weight excluding hydrogens is 210 g/mol. The van der Waals surface area contributed by atoms with E-state index in [4.69, 9.17) is 0 Å². The van der Waals surface area contributed by atoms with Gasteiger partial charge in [-0.3, -0.25) is 4.79 Å². The molecule has 0 aliphatic carbocycles. The summed E-state index contributed by atoms with van der Waals surface area (Å²) in [6.07, 6.45) is 1.83. The second-order valence-electron chi connectivity index (χ2n) is 3.74. The van der Waals surface area contributed by atoms with Crippen molar-refractivity contribution < 1.29 is 4.79 Å². The molecule has 0 aromatic carbocycles. The van der Waals surface area contributed by atoms with E-state index in [1.165, 1.54) is 11.8 Å². The molecule has 1 amide bonds. The van der Waals surface area contributed by atoms with Crippen molar-refractivity contribution in [2.24, 2.45) is 4.99 Å². The predicted molar refractivity (Wildman–Crippen MR) is 62.9 cm³/mol. The highest BCUT2D eigenvalue weighted by Crippen LogP contribution is 2.28. The summed E-state index contributed by atoms with van der Waals surface area (Å²) in [5.41, 5.74) is 0. The highest BCUT2D eigenvalue weighted by atomic mass is 32.2. The van der Waals surface area contributed by atoms with Gasteiger partial charge in [0.2, 0.25) is 0 Å². The highest BCUT2D eigenvalue weighted by Gasteiger charge is 2.26. The number of rotatable bonds is 0. The zero-order chi connectivity index (χ0) is 10.8. The minimum absolute atomic E-state index is 0.0866. The highest BCUT2D eigenvalue weighted by molar-refractivity contribution is 8.18. The molecule has 0 saturated carbocycles. The van der Waals surface area contributed by atoms with Crippen LogP contribution in [0.1, 0.15) is 6.92 Å². The summed E-state index contributed by atoms with van der Waals surface area (Å²) in [5, 5.41) is 0.876. The van der Waals surface area contributed by atoms with Crippen molar-refractivity contribution >= 4 is 22.8 Å². The topological polar surface area (TPSA) is 35.9 Å². The van der Waals surface area contributed by atoms with Crippen LogP contribution < -0.4 is 0 Å². The van der Waals surface area contributed by atoms with Gasteiger partial charge in [0, 0.05) is 26.2 Å². The Hall–Kier alpha value is -0.810. The van der Waals surface area contributed by atoms with Crippen LogP contribution >= 0.6 is 11.8 Å². The molecule has 0 aromatic heterocycles. The van der Waals surface area contributed by atoms with Gasteiger partial charge in [0.25, 0.3) is 5.91 Å². The molecule has 2 aliphatic rings. The molecule has 15 heavy (non-hydrogen) atoms. The Morgan fingerprint density at radius 1 is 1.33 bits per heavy atom. The molecule has 2 rings (SSSR count). The van der Waals surface area contributed by atoms with Crippen molar-refractivity contribution in [1.82, 2.24) is 9.80 Å². The molecule has 1 saturated heterocycles. The maximum atomic E-state index is 11.4. The van der Waals surface area contributed by atoms with Gasteiger partial charge >= 0.3 is 0 Å². The normalized spacial score (nSPS) is 26.3. The molecule has 0 radical (unpaired) electrons. The number of hydrogen-bond donors (Lipinski definition) is 0. The van der Waals surface area contributed by atoms with Crippen molar-refractivity contribution in [3.63, 3.8) is 0 Å². The van der Waals surface area contributed by atoms with Gasteiger partial charge in [-0.25, -0.2) is 0 Å². The number of amides is 1. The number of amidine groups is 1. The largest absolute Gasteiger partial charge is 0.348 e. The molecule has 2 aliphatic heterocycles. The van der Waals surface area contributed by atoms with E-state index in [1.54, 1.807) is 0 Å². The number of thioether (sulfide) groups is 1. The third kappa shape index (κ3) is 2.23. The van der Waals surface area contributed by atoms with Gasteiger partial charge in [-0.15, -0.1) is 0 Å². The zero-order valence-corrected chi connectivity index (χ0v) is 9.88. The Kier molecular flexibility index (Phi) is 3.11. The Balaban J connectivity index is 2.01. The minimum Gasteiger partial charge on any atom is -0.348 e. The van der Waals surface area contributed by atoms with Gasteiger partial charge in [-0.1, -0.05) is 6.08 Å². The summed E-state index contributed by atoms with van der Waals surface area (Å²) in [6.45, 7) is 5.89. The molecule has 2 heterocycles. The molecule has 0 spiro atoms. The van der Waals surface area contributed by atoms with Crippen LogP contribution in [0.25, 0.3) is 0 Å². The van der Waals surface area contributed by atoms with Crippen molar-refractivity contribution in [1.29, 1.82) is 0 Å². The average molecular weight is 225 g/mol. The number of likely N-dealkylation sites (N-methyl/N-ethyl adjacent to an activating group) is 1. The van der Waals surface area contributed by atoms with E-state index >= 15 is 0 Å². The van der Waals surface area contributed by atoms with Crippen LogP contribution in [0.15, 0.2) is 16.0 Å². The lowest BCUT2D eigenvalue weighted by Gasteiger charge is -2.32. The first kappa shape index (κ1) is 10.7. The lowest BCUT2D eigenvalue weighted by Crippen LogP contribution is -2.46. The number of allylic oxidation sites excluding steroid dienone is 1. The Morgan fingerprint density at radius 3 is 2.53 bits per heavy atom. The molecule has 0 bridgehead atoms. The van der Waals surface area contributed by atoms with E-state index in [0.717, 1.165) is 36.3 Å². The van der Waals surface area contributed by atoms with Crippen LogP contribution in [-0.4, -0.2) is 54.1 Å². The number of carbonyl (C=O) groups is 1. The van der Waals surface area contributed by atoms with Gasteiger partial charge in [-0.2, -0.15) is 4.99 Å². The Bertz CT molecular complexity index is 330. The monoisotopic (exact) mass is 225 g/mol. The summed E-state index contributed by atoms with van der Waals surface area (Å²) in [4.78, 5) is 20.7. The standard InChI is InChI=1S/C10H15N3OS/c1-3-8-9(14)11-10(15-8)13-6-4-12(2)5-7-13/h3H,4-7H2,1-2H3. The van der Waals surface area contributed by atoms with E-state index in [0.29, 0.717) is 0 Å². The van der Waals surface area contributed by atoms with Crippen LogP contribution in [0.4, 0.5) is 0 Å². The molecular formula is C10H15N3OS. The lowest BCUT2D eigenvalue weighted by molar-refractivity contribution is -0.113. The molecule has 5 heteroatoms. The van der Waals surface area contributed by atoms with Gasteiger partial charge in [0.1, 0.15) is 0 Å². The van der Waals surface area contributed by atoms with E-state index in [9.17, 15) is 4.79 Å². The molecule has 0 atom stereocenters. The third-order valence-corrected chi connectivity index (χ3v) is 3.81. The average Bonchev–Trinajstić information content (AvgIpc) is 2.61. The molecule has 4 nitrogen and oxygen atoms in total. The third-order valence-electron chi connectivity index (χ3n) is 2.65. The molecule has 0 N–H and O–H groups in total. The van der Waals surface area contributed by atoms with Crippen molar-refractivity contribution in [2.45, 2.75) is 6.92 Å². The number of nitrogens with zero attached hydrogens (tertiary/aromatic N) is 3. The number of carbonyl (C=O) groups excluding carboxylic acids is 1. The van der Waals surface area contributed by atoms with Gasteiger partial charge in [0.15, 0.2) is 5.17 Å². The SMILES string of the molecule is CC=C1SC(N2CCN(C)CC2)=NC1=O. The summed E-state index contributed by atoms with van der Waals surface area (Å²) >= 11 is 1.50. The Labute approximate surface area is 94.0 Å². The van der Waals surface area contributed by atoms with Crippen LogP contribution in [0.3, 0.4) is 0 Å². The second kappa shape index (κ2) is 4.37. The fourth-order valence-electron chi connectivity index (χ4n) is 1.62. The number of piperazine rings is 1. The summed E-state index contributed by atoms with van der Waals surface area (Å²) in [7, 11) is 2.11. The second-order valence-corrected chi connectivity index (χ2v) is 4.75. The summed E-state index contributed by atoms with van der Waals surface area (Å²) in [5.74, 6) is -0.0866. The maximum Gasteiger partial charge on any atom is 0.285 e. The van der Waals surface area contributed by atoms with E-state index in [1.807, 2.05) is 13.0 Å². The fraction of sp³-hybridized carbons (Fsp3) is 0.600. The van der Waals surface area contributed by atoms with Crippen LogP contribution in [0.5, 0.6) is 0 Å². The van der Waals surface area contributed by atoms with Crippen molar-refractivity contribution in [3.05, 3.63) is 11.0 Å². The van der Waals surface area contributed by atoms with E-state index in [-0.39, 0.29) is 5.91 Å². The van der Waals surface area contributed by atoms with Crippen LogP contribution in [-0.2, 0) is 4.79 Å². The molecule has 0 aromatic rings. The van der Waals surface area contributed by atoms with Crippen molar-refractivity contribution in [2.75, 3.05) is 33.2 Å². The van der Waals surface area contributed by atoms with Crippen molar-refractivity contribution in [3.8, 4) is 0 Å². The quantitative estimate of drug-likeness (QED) is 0.570. The minimum atomic E-state index is -0.0866. The van der Waals surface area contributed by atoms with E-state index in [2.05, 4.69) is 21.8 Å². The first-order chi connectivity index (χ1) is 7.20. The predicted octanol–water partition coefficient (Wildman–Crippen LogP) is 0.767. The maximum absolute atomic E-state index is 11.4. The van der Waals surface area contributed by atoms with Crippen LogP contribution in [0, 0.1) is 0 Å². The first-order valence-corrected chi connectivity index (χ1v) is 5.93. The lowest BCUT2D eigenvalue weighted by atomic mass is 10.3. The first-order valence-electron chi connectivity index (χ1n) is 5.11. The van der Waals surface area contributed by atoms with Gasteiger partial charge in [-0.05, 0) is 25.7 Å². The van der Waals surface area contributed by atoms with Gasteiger partial charge < -0.3 is 9.80 Å². The number of aliphatic imine (C=N–C) groups is 1. The Morgan fingerprint density at radius 2 is 2.00 bits per heavy atom. The summed E-state index contributed by atoms with van der Waals surface area (Å²) in [6, 6.07) is 0. The fourth-order valence-corrected chi connectivity index (χ4v) is 2.51. The zero-order valence-electron chi connectivity index (χ0n) is 9.06. The molecule has 82 valence electrons. The van der Waals surface area contributed by atoms with Gasteiger partial charge in [0.05, 0.1) is 4.91 Å². The van der Waals surface area contributed by atoms with Crippen LogP contribution in [0.2, 0.25) is 0 Å². The smallest absolute Gasteiger partial charge is 0.285 e. The summed E-state index contributed by atoms with van der Waals surface area (Å²) < 4.78 is 0. The molecule has 0 unspecified atom stereocenters. The van der Waals surface area contributed by atoms with E-state index < -0.39 is 0 Å². The molecule has 1 fully saturated rings.